The minimum Gasteiger partial charge on any atom is -0.493 e. The second-order valence-electron chi connectivity index (χ2n) is 7.01. The summed E-state index contributed by atoms with van der Waals surface area (Å²) in [5.41, 5.74) is 16.2. The number of nitrogens with two attached hydrogens (primary N) is 1. The molecule has 140 valence electrons. The van der Waals surface area contributed by atoms with Gasteiger partial charge in [0.05, 0.1) is 25.8 Å². The van der Waals surface area contributed by atoms with E-state index in [1.807, 2.05) is 18.2 Å². The van der Waals surface area contributed by atoms with Crippen molar-refractivity contribution in [2.45, 2.75) is 30.7 Å². The number of nitrogens with one attached hydrogen (secondary N) is 2. The summed E-state index contributed by atoms with van der Waals surface area (Å²) in [5, 5.41) is 9.66. The van der Waals surface area contributed by atoms with Crippen molar-refractivity contribution in [1.29, 1.82) is 5.26 Å². The van der Waals surface area contributed by atoms with Gasteiger partial charge in [-0.15, -0.1) is 0 Å². The standard InChI is InChI=1S/C20H23N5O2/c1-26-17-6-5-12(7-18(17)27-2)19-15(10-23-25-19)13-8-16(11-3-4-11)24-20(22)14(13)9-21/h5-8,11,15,19,23,25H,3-4,10H2,1-2H3,(H2,22,24). The van der Waals surface area contributed by atoms with Gasteiger partial charge >= 0.3 is 0 Å². The van der Waals surface area contributed by atoms with Crippen molar-refractivity contribution in [2.75, 3.05) is 26.5 Å². The van der Waals surface area contributed by atoms with E-state index in [1.54, 1.807) is 14.2 Å². The third kappa shape index (κ3) is 3.18. The fraction of sp³-hybridized carbons (Fsp3) is 0.400. The molecule has 0 amide bonds. The molecule has 2 unspecified atom stereocenters. The average Bonchev–Trinajstić information content (AvgIpc) is 3.43. The average molecular weight is 365 g/mol. The van der Waals surface area contributed by atoms with Gasteiger partial charge in [0.25, 0.3) is 0 Å². The molecular weight excluding hydrogens is 342 g/mol. The molecule has 7 nitrogen and oxygen atoms in total. The fourth-order valence-corrected chi connectivity index (χ4v) is 3.76. The van der Waals surface area contributed by atoms with Crippen molar-refractivity contribution in [2.24, 2.45) is 0 Å². The van der Waals surface area contributed by atoms with Gasteiger partial charge in [0, 0.05) is 24.1 Å². The number of nitriles is 1. The Kier molecular flexibility index (Phi) is 4.60. The highest BCUT2D eigenvalue weighted by atomic mass is 16.5. The van der Waals surface area contributed by atoms with Gasteiger partial charge < -0.3 is 15.2 Å². The fourth-order valence-electron chi connectivity index (χ4n) is 3.76. The quantitative estimate of drug-likeness (QED) is 0.747. The van der Waals surface area contributed by atoms with Crippen molar-refractivity contribution in [3.8, 4) is 17.6 Å². The molecule has 0 radical (unpaired) electrons. The molecule has 0 spiro atoms. The van der Waals surface area contributed by atoms with Crippen LogP contribution < -0.4 is 26.1 Å². The summed E-state index contributed by atoms with van der Waals surface area (Å²) in [6.45, 7) is 0.696. The topological polar surface area (TPSA) is 105 Å². The Morgan fingerprint density at radius 1 is 1.19 bits per heavy atom. The van der Waals surface area contributed by atoms with Gasteiger partial charge in [0.1, 0.15) is 11.9 Å². The van der Waals surface area contributed by atoms with Crippen LogP contribution in [0.1, 0.15) is 53.1 Å². The van der Waals surface area contributed by atoms with Crippen molar-refractivity contribution in [3.63, 3.8) is 0 Å². The van der Waals surface area contributed by atoms with Crippen molar-refractivity contribution < 1.29 is 9.47 Å². The van der Waals surface area contributed by atoms with Gasteiger partial charge in [-0.3, -0.25) is 5.43 Å². The zero-order valence-electron chi connectivity index (χ0n) is 15.5. The molecule has 2 aliphatic rings. The predicted octanol–water partition coefficient (Wildman–Crippen LogP) is 2.36. The van der Waals surface area contributed by atoms with Crippen LogP contribution in [0.4, 0.5) is 5.82 Å². The highest BCUT2D eigenvalue weighted by molar-refractivity contribution is 5.57. The largest absolute Gasteiger partial charge is 0.493 e. The van der Waals surface area contributed by atoms with Crippen LogP contribution in [0.25, 0.3) is 0 Å². The molecule has 2 aromatic rings. The molecule has 1 saturated carbocycles. The number of hydrogen-bond donors (Lipinski definition) is 3. The van der Waals surface area contributed by atoms with Gasteiger partial charge in [-0.25, -0.2) is 10.4 Å². The number of nitrogen functional groups attached to an aromatic ring is 1. The number of anilines is 1. The van der Waals surface area contributed by atoms with E-state index in [9.17, 15) is 5.26 Å². The summed E-state index contributed by atoms with van der Waals surface area (Å²) in [6, 6.07) is 10.2. The summed E-state index contributed by atoms with van der Waals surface area (Å²) < 4.78 is 10.8. The lowest BCUT2D eigenvalue weighted by Crippen LogP contribution is -2.25. The second-order valence-corrected chi connectivity index (χ2v) is 7.01. The molecular formula is C20H23N5O2. The summed E-state index contributed by atoms with van der Waals surface area (Å²) in [7, 11) is 3.24. The van der Waals surface area contributed by atoms with E-state index < -0.39 is 0 Å². The zero-order chi connectivity index (χ0) is 19.0. The molecule has 1 aliphatic heterocycles. The number of aromatic nitrogens is 1. The Labute approximate surface area is 158 Å². The molecule has 27 heavy (non-hydrogen) atoms. The first-order valence-corrected chi connectivity index (χ1v) is 9.07. The van der Waals surface area contributed by atoms with Crippen LogP contribution in [0.2, 0.25) is 0 Å². The maximum absolute atomic E-state index is 9.66. The van der Waals surface area contributed by atoms with Gasteiger partial charge in [-0.1, -0.05) is 6.07 Å². The van der Waals surface area contributed by atoms with E-state index in [0.29, 0.717) is 35.3 Å². The first kappa shape index (κ1) is 17.6. The highest BCUT2D eigenvalue weighted by Gasteiger charge is 2.34. The minimum atomic E-state index is -0.0224. The summed E-state index contributed by atoms with van der Waals surface area (Å²) >= 11 is 0. The Morgan fingerprint density at radius 3 is 2.63 bits per heavy atom. The molecule has 4 N–H and O–H groups in total. The Morgan fingerprint density at radius 2 is 1.96 bits per heavy atom. The third-order valence-electron chi connectivity index (χ3n) is 5.35. The first-order valence-electron chi connectivity index (χ1n) is 9.07. The van der Waals surface area contributed by atoms with Gasteiger partial charge in [0.15, 0.2) is 11.5 Å². The minimum absolute atomic E-state index is 0.0224. The van der Waals surface area contributed by atoms with Gasteiger partial charge in [0.2, 0.25) is 0 Å². The lowest BCUT2D eigenvalue weighted by molar-refractivity contribution is 0.354. The molecule has 7 heteroatoms. The number of ether oxygens (including phenoxy) is 2. The maximum Gasteiger partial charge on any atom is 0.161 e. The summed E-state index contributed by atoms with van der Waals surface area (Å²) in [6.07, 6.45) is 2.27. The normalized spacial score (nSPS) is 21.7. The SMILES string of the molecule is COc1ccc(C2NNCC2c2cc(C3CC3)nc(N)c2C#N)cc1OC. The van der Waals surface area contributed by atoms with E-state index in [2.05, 4.69) is 28.0 Å². The Balaban J connectivity index is 1.75. The molecule has 1 aromatic carbocycles. The van der Waals surface area contributed by atoms with Crippen LogP contribution in [-0.2, 0) is 0 Å². The molecule has 1 aliphatic carbocycles. The lowest BCUT2D eigenvalue weighted by atomic mass is 9.86. The van der Waals surface area contributed by atoms with Crippen LogP contribution in [0, 0.1) is 11.3 Å². The van der Waals surface area contributed by atoms with Crippen molar-refractivity contribution >= 4 is 5.82 Å². The van der Waals surface area contributed by atoms with E-state index in [4.69, 9.17) is 15.2 Å². The van der Waals surface area contributed by atoms with E-state index in [-0.39, 0.29) is 12.0 Å². The van der Waals surface area contributed by atoms with Crippen LogP contribution >= 0.6 is 0 Å². The molecule has 2 atom stereocenters. The highest BCUT2D eigenvalue weighted by Crippen LogP contribution is 2.43. The van der Waals surface area contributed by atoms with E-state index in [1.165, 1.54) is 0 Å². The first-order chi connectivity index (χ1) is 13.2. The van der Waals surface area contributed by atoms with Crippen LogP contribution in [0.5, 0.6) is 11.5 Å². The predicted molar refractivity (Wildman–Crippen MR) is 102 cm³/mol. The van der Waals surface area contributed by atoms with E-state index in [0.717, 1.165) is 29.7 Å². The van der Waals surface area contributed by atoms with Gasteiger partial charge in [-0.2, -0.15) is 5.26 Å². The Hall–Kier alpha value is -2.82. The van der Waals surface area contributed by atoms with Crippen molar-refractivity contribution in [3.05, 3.63) is 46.6 Å². The summed E-state index contributed by atoms with van der Waals surface area (Å²) in [5.74, 6) is 2.22. The number of benzene rings is 1. The van der Waals surface area contributed by atoms with Crippen LogP contribution in [-0.4, -0.2) is 25.7 Å². The second kappa shape index (κ2) is 7.06. The molecule has 1 saturated heterocycles. The Bertz CT molecular complexity index is 904. The molecule has 4 rings (SSSR count). The van der Waals surface area contributed by atoms with Crippen molar-refractivity contribution in [1.82, 2.24) is 15.8 Å². The van der Waals surface area contributed by atoms with Crippen LogP contribution in [0.3, 0.4) is 0 Å². The van der Waals surface area contributed by atoms with Gasteiger partial charge in [-0.05, 0) is 42.2 Å². The number of hydrogen-bond acceptors (Lipinski definition) is 7. The number of rotatable bonds is 5. The zero-order valence-corrected chi connectivity index (χ0v) is 15.5. The monoisotopic (exact) mass is 365 g/mol. The maximum atomic E-state index is 9.66. The molecule has 0 bridgehead atoms. The molecule has 2 fully saturated rings. The third-order valence-corrected chi connectivity index (χ3v) is 5.35. The summed E-state index contributed by atoms with van der Waals surface area (Å²) in [4.78, 5) is 4.46. The number of nitrogens with zero attached hydrogens (tertiary/aromatic N) is 2. The van der Waals surface area contributed by atoms with E-state index >= 15 is 0 Å². The number of hydrazine groups is 1. The number of methoxy groups -OCH3 is 2. The molecule has 2 heterocycles. The number of pyridine rings is 1. The smallest absolute Gasteiger partial charge is 0.161 e. The molecule has 1 aromatic heterocycles. The lowest BCUT2D eigenvalue weighted by Gasteiger charge is -2.22. The van der Waals surface area contributed by atoms with Crippen LogP contribution in [0.15, 0.2) is 24.3 Å².